The molecule has 3 unspecified atom stereocenters. The summed E-state index contributed by atoms with van der Waals surface area (Å²) < 4.78 is 26.2. The summed E-state index contributed by atoms with van der Waals surface area (Å²) >= 11 is 0. The summed E-state index contributed by atoms with van der Waals surface area (Å²) in [6, 6.07) is 3.09. The topological polar surface area (TPSA) is 26.0 Å². The van der Waals surface area contributed by atoms with Crippen molar-refractivity contribution < 1.29 is 8.78 Å². The lowest BCUT2D eigenvalue weighted by Crippen LogP contribution is -2.15. The molecule has 0 bridgehead atoms. The molecule has 1 saturated carbocycles. The first-order valence-electron chi connectivity index (χ1n) is 4.80. The average Bonchev–Trinajstić information content (AvgIpc) is 2.86. The van der Waals surface area contributed by atoms with Gasteiger partial charge in [0.2, 0.25) is 0 Å². The van der Waals surface area contributed by atoms with Crippen LogP contribution in [0.15, 0.2) is 18.2 Å². The van der Waals surface area contributed by atoms with Gasteiger partial charge < -0.3 is 5.73 Å². The van der Waals surface area contributed by atoms with E-state index in [0.717, 1.165) is 18.6 Å². The van der Waals surface area contributed by atoms with Crippen molar-refractivity contribution in [3.63, 3.8) is 0 Å². The molecule has 1 aliphatic carbocycles. The molecule has 3 atom stereocenters. The van der Waals surface area contributed by atoms with Crippen LogP contribution in [0.5, 0.6) is 0 Å². The van der Waals surface area contributed by atoms with E-state index in [1.807, 2.05) is 0 Å². The van der Waals surface area contributed by atoms with E-state index in [-0.39, 0.29) is 6.04 Å². The molecule has 2 N–H and O–H groups in total. The van der Waals surface area contributed by atoms with Gasteiger partial charge in [-0.05, 0) is 36.5 Å². The maximum atomic E-state index is 13.3. The third kappa shape index (κ3) is 1.64. The second-order valence-electron chi connectivity index (χ2n) is 4.07. The molecular weight excluding hydrogens is 184 g/mol. The molecule has 0 radical (unpaired) electrons. The summed E-state index contributed by atoms with van der Waals surface area (Å²) in [7, 11) is 0. The molecule has 1 aromatic carbocycles. The van der Waals surface area contributed by atoms with Crippen molar-refractivity contribution in [2.75, 3.05) is 0 Å². The zero-order valence-corrected chi connectivity index (χ0v) is 8.00. The van der Waals surface area contributed by atoms with Crippen molar-refractivity contribution in [3.8, 4) is 0 Å². The van der Waals surface area contributed by atoms with E-state index in [1.165, 1.54) is 6.07 Å². The fourth-order valence-electron chi connectivity index (χ4n) is 1.85. The Kier molecular flexibility index (Phi) is 2.27. The molecule has 0 saturated heterocycles. The van der Waals surface area contributed by atoms with Gasteiger partial charge >= 0.3 is 0 Å². The van der Waals surface area contributed by atoms with E-state index in [1.54, 1.807) is 0 Å². The number of hydrogen-bond donors (Lipinski definition) is 1. The Bertz CT molecular complexity index is 351. The monoisotopic (exact) mass is 197 g/mol. The van der Waals surface area contributed by atoms with Crippen molar-refractivity contribution in [3.05, 3.63) is 35.4 Å². The van der Waals surface area contributed by atoms with Gasteiger partial charge in [0.25, 0.3) is 0 Å². The van der Waals surface area contributed by atoms with Crippen LogP contribution in [0.25, 0.3) is 0 Å². The van der Waals surface area contributed by atoms with E-state index in [2.05, 4.69) is 6.92 Å². The highest BCUT2D eigenvalue weighted by atomic mass is 19.1. The second-order valence-corrected chi connectivity index (χ2v) is 4.07. The van der Waals surface area contributed by atoms with Crippen LogP contribution in [-0.4, -0.2) is 0 Å². The number of hydrogen-bond acceptors (Lipinski definition) is 1. The van der Waals surface area contributed by atoms with Crippen molar-refractivity contribution in [1.82, 2.24) is 0 Å². The van der Waals surface area contributed by atoms with E-state index < -0.39 is 11.6 Å². The van der Waals surface area contributed by atoms with Gasteiger partial charge in [-0.15, -0.1) is 0 Å². The predicted molar refractivity (Wildman–Crippen MR) is 50.6 cm³/mol. The number of benzene rings is 1. The molecular formula is C11H13F2N. The third-order valence-corrected chi connectivity index (χ3v) is 2.95. The summed E-state index contributed by atoms with van der Waals surface area (Å²) in [5.41, 5.74) is 6.16. The van der Waals surface area contributed by atoms with Crippen molar-refractivity contribution in [2.45, 2.75) is 19.4 Å². The van der Waals surface area contributed by atoms with Gasteiger partial charge in [0.05, 0.1) is 0 Å². The van der Waals surface area contributed by atoms with Gasteiger partial charge in [-0.3, -0.25) is 0 Å². The van der Waals surface area contributed by atoms with Gasteiger partial charge in [-0.1, -0.05) is 6.92 Å². The zero-order valence-electron chi connectivity index (χ0n) is 8.00. The van der Waals surface area contributed by atoms with Crippen LogP contribution in [0.3, 0.4) is 0 Å². The Morgan fingerprint density at radius 1 is 1.43 bits per heavy atom. The molecule has 0 heterocycles. The molecule has 1 aromatic rings. The minimum atomic E-state index is -0.426. The average molecular weight is 197 g/mol. The SMILES string of the molecule is CC1CC1C(N)c1cc(F)ccc1F. The fraction of sp³-hybridized carbons (Fsp3) is 0.455. The Morgan fingerprint density at radius 3 is 2.64 bits per heavy atom. The summed E-state index contributed by atoms with van der Waals surface area (Å²) in [6.07, 6.45) is 1.01. The van der Waals surface area contributed by atoms with Gasteiger partial charge in [0, 0.05) is 11.6 Å². The summed E-state index contributed by atoms with van der Waals surface area (Å²) in [5, 5.41) is 0. The Labute approximate surface area is 81.9 Å². The van der Waals surface area contributed by atoms with Gasteiger partial charge in [0.15, 0.2) is 0 Å². The highest BCUT2D eigenvalue weighted by Crippen LogP contribution is 2.46. The summed E-state index contributed by atoms with van der Waals surface area (Å²) in [4.78, 5) is 0. The van der Waals surface area contributed by atoms with E-state index in [4.69, 9.17) is 5.73 Å². The minimum absolute atomic E-state index is 0.305. The summed E-state index contributed by atoms with van der Waals surface area (Å²) in [6.45, 7) is 2.07. The van der Waals surface area contributed by atoms with Crippen LogP contribution in [-0.2, 0) is 0 Å². The number of rotatable bonds is 2. The Hall–Kier alpha value is -0.960. The first-order chi connectivity index (χ1) is 6.59. The fourth-order valence-corrected chi connectivity index (χ4v) is 1.85. The van der Waals surface area contributed by atoms with Gasteiger partial charge in [-0.25, -0.2) is 8.78 Å². The van der Waals surface area contributed by atoms with Crippen LogP contribution in [0.4, 0.5) is 8.78 Å². The van der Waals surface area contributed by atoms with Crippen LogP contribution < -0.4 is 5.73 Å². The van der Waals surface area contributed by atoms with Crippen LogP contribution in [0.1, 0.15) is 24.9 Å². The van der Waals surface area contributed by atoms with E-state index >= 15 is 0 Å². The van der Waals surface area contributed by atoms with Crippen LogP contribution in [0, 0.1) is 23.5 Å². The maximum absolute atomic E-state index is 13.3. The quantitative estimate of drug-likeness (QED) is 0.774. The van der Waals surface area contributed by atoms with Crippen LogP contribution in [0.2, 0.25) is 0 Å². The van der Waals surface area contributed by atoms with Crippen molar-refractivity contribution >= 4 is 0 Å². The van der Waals surface area contributed by atoms with Crippen LogP contribution >= 0.6 is 0 Å². The molecule has 1 fully saturated rings. The predicted octanol–water partition coefficient (Wildman–Crippen LogP) is 2.62. The first kappa shape index (κ1) is 9.59. The van der Waals surface area contributed by atoms with Gasteiger partial charge in [0.1, 0.15) is 11.6 Å². The largest absolute Gasteiger partial charge is 0.324 e. The second kappa shape index (κ2) is 3.31. The van der Waals surface area contributed by atoms with Gasteiger partial charge in [-0.2, -0.15) is 0 Å². The molecule has 1 aliphatic rings. The first-order valence-corrected chi connectivity index (χ1v) is 4.80. The highest BCUT2D eigenvalue weighted by Gasteiger charge is 2.39. The molecule has 0 aliphatic heterocycles. The lowest BCUT2D eigenvalue weighted by molar-refractivity contribution is 0.526. The maximum Gasteiger partial charge on any atom is 0.128 e. The minimum Gasteiger partial charge on any atom is -0.324 e. The molecule has 2 rings (SSSR count). The van der Waals surface area contributed by atoms with E-state index in [0.29, 0.717) is 17.4 Å². The normalized spacial score (nSPS) is 27.4. The molecule has 1 nitrogen and oxygen atoms in total. The summed E-state index contributed by atoms with van der Waals surface area (Å²) in [5.74, 6) is 0.0159. The van der Waals surface area contributed by atoms with Crippen molar-refractivity contribution in [2.24, 2.45) is 17.6 Å². The smallest absolute Gasteiger partial charge is 0.128 e. The third-order valence-electron chi connectivity index (χ3n) is 2.95. The number of nitrogens with two attached hydrogens (primary N) is 1. The lowest BCUT2D eigenvalue weighted by Gasteiger charge is -2.12. The Morgan fingerprint density at radius 2 is 2.07 bits per heavy atom. The van der Waals surface area contributed by atoms with E-state index in [9.17, 15) is 8.78 Å². The molecule has 14 heavy (non-hydrogen) atoms. The standard InChI is InChI=1S/C11H13F2N/c1-6-4-8(6)11(14)9-5-7(12)2-3-10(9)13/h2-3,5-6,8,11H,4,14H2,1H3. The number of halogens is 2. The molecule has 0 aromatic heterocycles. The molecule has 0 spiro atoms. The molecule has 76 valence electrons. The zero-order chi connectivity index (χ0) is 10.3. The highest BCUT2D eigenvalue weighted by molar-refractivity contribution is 5.24. The Balaban J connectivity index is 2.26. The molecule has 3 heteroatoms. The van der Waals surface area contributed by atoms with Crippen molar-refractivity contribution in [1.29, 1.82) is 0 Å². The lowest BCUT2D eigenvalue weighted by atomic mass is 10.0. The molecule has 0 amide bonds.